The lowest BCUT2D eigenvalue weighted by Crippen LogP contribution is -2.14. The van der Waals surface area contributed by atoms with Crippen molar-refractivity contribution in [2.24, 2.45) is 0 Å². The Labute approximate surface area is 134 Å². The van der Waals surface area contributed by atoms with Crippen LogP contribution >= 0.6 is 0 Å². The van der Waals surface area contributed by atoms with Gasteiger partial charge in [-0.25, -0.2) is 13.2 Å². The van der Waals surface area contributed by atoms with Gasteiger partial charge in [0.2, 0.25) is 0 Å². The minimum absolute atomic E-state index is 0.00554. The second-order valence-electron chi connectivity index (χ2n) is 6.02. The van der Waals surface area contributed by atoms with Crippen LogP contribution in [0.15, 0.2) is 24.3 Å². The van der Waals surface area contributed by atoms with E-state index < -0.39 is 15.8 Å². The first-order chi connectivity index (χ1) is 10.8. The van der Waals surface area contributed by atoms with E-state index in [1.165, 1.54) is 6.07 Å². The van der Waals surface area contributed by atoms with Gasteiger partial charge in [-0.2, -0.15) is 5.10 Å². The van der Waals surface area contributed by atoms with Crippen molar-refractivity contribution < 1.29 is 18.3 Å². The fourth-order valence-corrected chi connectivity index (χ4v) is 4.55. The summed E-state index contributed by atoms with van der Waals surface area (Å²) >= 11 is 0. The number of aromatic carboxylic acids is 1. The number of nitrogens with zero attached hydrogens (tertiary/aromatic N) is 2. The summed E-state index contributed by atoms with van der Waals surface area (Å²) in [4.78, 5) is 11.3. The van der Waals surface area contributed by atoms with Gasteiger partial charge in [-0.1, -0.05) is 12.1 Å². The summed E-state index contributed by atoms with van der Waals surface area (Å²) in [5.41, 5.74) is 3.65. The van der Waals surface area contributed by atoms with Gasteiger partial charge in [0.1, 0.15) is 0 Å². The third-order valence-corrected chi connectivity index (χ3v) is 6.06. The predicted molar refractivity (Wildman–Crippen MR) is 86.4 cm³/mol. The monoisotopic (exact) mass is 334 g/mol. The van der Waals surface area contributed by atoms with E-state index in [1.54, 1.807) is 4.68 Å². The standard InChI is InChI=1S/C16H18N2O4S/c1-10-3-4-12(7-11(10)2)15-8-14(16(19)20)17-18(15)13-5-6-23(21,22)9-13/h3-4,7-8,13H,5-6,9H2,1-2H3,(H,19,20)/t13-/m0/s1. The zero-order valence-electron chi connectivity index (χ0n) is 13.0. The number of carbonyl (C=O) groups is 1. The number of rotatable bonds is 3. The number of aryl methyl sites for hydroxylation is 2. The third-order valence-electron chi connectivity index (χ3n) is 4.31. The molecule has 1 fully saturated rings. The number of aromatic nitrogens is 2. The van der Waals surface area contributed by atoms with Gasteiger partial charge < -0.3 is 5.11 Å². The molecule has 0 unspecified atom stereocenters. The van der Waals surface area contributed by atoms with Gasteiger partial charge in [-0.15, -0.1) is 0 Å². The van der Waals surface area contributed by atoms with Gasteiger partial charge in [0.05, 0.1) is 23.2 Å². The van der Waals surface area contributed by atoms with Gasteiger partial charge >= 0.3 is 5.97 Å². The fraction of sp³-hybridized carbons (Fsp3) is 0.375. The third kappa shape index (κ3) is 3.01. The number of benzene rings is 1. The van der Waals surface area contributed by atoms with Gasteiger partial charge in [0.15, 0.2) is 15.5 Å². The van der Waals surface area contributed by atoms with Crippen molar-refractivity contribution in [1.82, 2.24) is 9.78 Å². The molecule has 1 aliphatic heterocycles. The zero-order valence-corrected chi connectivity index (χ0v) is 13.8. The van der Waals surface area contributed by atoms with Crippen LogP contribution in [0.2, 0.25) is 0 Å². The molecule has 0 bridgehead atoms. The van der Waals surface area contributed by atoms with Crippen LogP contribution in [0.4, 0.5) is 0 Å². The van der Waals surface area contributed by atoms with Crippen LogP contribution < -0.4 is 0 Å². The van der Waals surface area contributed by atoms with E-state index in [4.69, 9.17) is 0 Å². The van der Waals surface area contributed by atoms with Crippen molar-refractivity contribution in [2.45, 2.75) is 26.3 Å². The molecule has 1 aromatic carbocycles. The van der Waals surface area contributed by atoms with Gasteiger partial charge in [0, 0.05) is 5.56 Å². The molecule has 3 rings (SSSR count). The summed E-state index contributed by atoms with van der Waals surface area (Å²) in [5.74, 6) is -0.993. The van der Waals surface area contributed by atoms with Gasteiger partial charge in [-0.3, -0.25) is 4.68 Å². The quantitative estimate of drug-likeness (QED) is 0.929. The maximum Gasteiger partial charge on any atom is 0.356 e. The second kappa shape index (κ2) is 5.49. The van der Waals surface area contributed by atoms with E-state index in [9.17, 15) is 18.3 Å². The first-order valence-electron chi connectivity index (χ1n) is 7.38. The largest absolute Gasteiger partial charge is 0.476 e. The average Bonchev–Trinajstić information content (AvgIpc) is 3.05. The lowest BCUT2D eigenvalue weighted by molar-refractivity contribution is 0.0689. The fourth-order valence-electron chi connectivity index (χ4n) is 2.86. The van der Waals surface area contributed by atoms with E-state index in [1.807, 2.05) is 32.0 Å². The van der Waals surface area contributed by atoms with E-state index in [2.05, 4.69) is 5.10 Å². The van der Waals surface area contributed by atoms with Crippen LogP contribution in [0.1, 0.15) is 34.1 Å². The molecule has 1 saturated heterocycles. The summed E-state index contributed by atoms with van der Waals surface area (Å²) < 4.78 is 25.1. The highest BCUT2D eigenvalue weighted by atomic mass is 32.2. The normalized spacial score (nSPS) is 19.8. The summed E-state index contributed by atoms with van der Waals surface area (Å²) in [5, 5.41) is 13.4. The van der Waals surface area contributed by atoms with Crippen molar-refractivity contribution in [3.8, 4) is 11.3 Å². The van der Waals surface area contributed by atoms with Crippen LogP contribution in [0.3, 0.4) is 0 Å². The van der Waals surface area contributed by atoms with Crippen LogP contribution in [0.5, 0.6) is 0 Å². The lowest BCUT2D eigenvalue weighted by atomic mass is 10.0. The average molecular weight is 334 g/mol. The Kier molecular flexibility index (Phi) is 3.75. The molecular formula is C16H18N2O4S. The van der Waals surface area contributed by atoms with Crippen molar-refractivity contribution in [3.05, 3.63) is 41.1 Å². The van der Waals surface area contributed by atoms with Crippen molar-refractivity contribution in [2.75, 3.05) is 11.5 Å². The summed E-state index contributed by atoms with van der Waals surface area (Å²) in [7, 11) is -3.08. The zero-order chi connectivity index (χ0) is 16.8. The maximum atomic E-state index is 11.7. The molecule has 0 aliphatic carbocycles. The smallest absolute Gasteiger partial charge is 0.356 e. The Morgan fingerprint density at radius 2 is 2.00 bits per heavy atom. The molecule has 122 valence electrons. The molecule has 1 N–H and O–H groups in total. The molecule has 0 saturated carbocycles. The molecule has 0 spiro atoms. The van der Waals surface area contributed by atoms with Crippen LogP contribution in [-0.2, 0) is 9.84 Å². The summed E-state index contributed by atoms with van der Waals surface area (Å²) in [6.07, 6.45) is 0.459. The van der Waals surface area contributed by atoms with E-state index in [0.29, 0.717) is 12.1 Å². The summed E-state index contributed by atoms with van der Waals surface area (Å²) in [6, 6.07) is 7.04. The van der Waals surface area contributed by atoms with E-state index >= 15 is 0 Å². The Morgan fingerprint density at radius 1 is 1.26 bits per heavy atom. The highest BCUT2D eigenvalue weighted by molar-refractivity contribution is 7.91. The molecule has 1 atom stereocenters. The number of hydrogen-bond donors (Lipinski definition) is 1. The number of carboxylic acid groups (broad SMARTS) is 1. The van der Waals surface area contributed by atoms with Crippen molar-refractivity contribution in [3.63, 3.8) is 0 Å². The number of sulfone groups is 1. The minimum atomic E-state index is -3.08. The maximum absolute atomic E-state index is 11.7. The Morgan fingerprint density at radius 3 is 2.57 bits per heavy atom. The second-order valence-corrected chi connectivity index (χ2v) is 8.25. The molecule has 7 heteroatoms. The molecule has 0 amide bonds. The van der Waals surface area contributed by atoms with Crippen molar-refractivity contribution in [1.29, 1.82) is 0 Å². The SMILES string of the molecule is Cc1ccc(-c2cc(C(=O)O)nn2[C@H]2CCS(=O)(=O)C2)cc1C. The molecule has 6 nitrogen and oxygen atoms in total. The van der Waals surface area contributed by atoms with Crippen LogP contribution in [-0.4, -0.2) is 40.8 Å². The van der Waals surface area contributed by atoms with E-state index in [-0.39, 0.29) is 23.2 Å². The van der Waals surface area contributed by atoms with Crippen LogP contribution in [0, 0.1) is 13.8 Å². The van der Waals surface area contributed by atoms with Crippen LogP contribution in [0.25, 0.3) is 11.3 Å². The number of hydrogen-bond acceptors (Lipinski definition) is 4. The molecule has 1 aliphatic rings. The topological polar surface area (TPSA) is 89.3 Å². The highest BCUT2D eigenvalue weighted by Crippen LogP contribution is 2.30. The van der Waals surface area contributed by atoms with Crippen molar-refractivity contribution >= 4 is 15.8 Å². The molecule has 0 radical (unpaired) electrons. The molecule has 2 aromatic rings. The lowest BCUT2D eigenvalue weighted by Gasteiger charge is -2.14. The Hall–Kier alpha value is -2.15. The Balaban J connectivity index is 2.11. The van der Waals surface area contributed by atoms with Gasteiger partial charge in [0.25, 0.3) is 0 Å². The first kappa shape index (κ1) is 15.7. The first-order valence-corrected chi connectivity index (χ1v) is 9.20. The molecular weight excluding hydrogens is 316 g/mol. The minimum Gasteiger partial charge on any atom is -0.476 e. The molecule has 1 aromatic heterocycles. The van der Waals surface area contributed by atoms with Gasteiger partial charge in [-0.05, 0) is 43.5 Å². The predicted octanol–water partition coefficient (Wildman–Crippen LogP) is 2.22. The van der Waals surface area contributed by atoms with E-state index in [0.717, 1.165) is 16.7 Å². The highest BCUT2D eigenvalue weighted by Gasteiger charge is 2.32. The Bertz CT molecular complexity index is 883. The summed E-state index contributed by atoms with van der Waals surface area (Å²) in [6.45, 7) is 3.99. The molecule has 23 heavy (non-hydrogen) atoms. The number of carboxylic acids is 1. The molecule has 2 heterocycles.